The molecule has 2 aromatic carbocycles. The van der Waals surface area contributed by atoms with Crippen molar-refractivity contribution in [1.82, 2.24) is 4.98 Å². The molecule has 0 N–H and O–H groups in total. The van der Waals surface area contributed by atoms with Crippen molar-refractivity contribution in [1.29, 1.82) is 0 Å². The van der Waals surface area contributed by atoms with Gasteiger partial charge in [-0.3, -0.25) is 9.98 Å². The second-order valence-electron chi connectivity index (χ2n) is 6.70. The number of aryl methyl sites for hydroxylation is 1. The van der Waals surface area contributed by atoms with Gasteiger partial charge in [0.05, 0.1) is 11.8 Å². The van der Waals surface area contributed by atoms with Crippen LogP contribution in [0.1, 0.15) is 42.0 Å². The van der Waals surface area contributed by atoms with Crippen LogP contribution in [0.4, 0.5) is 4.39 Å². The third-order valence-electron chi connectivity index (χ3n) is 5.07. The first-order chi connectivity index (χ1) is 12.0. The number of aliphatic imine (C=N–C) groups is 1. The highest BCUT2D eigenvalue weighted by Crippen LogP contribution is 2.38. The van der Waals surface area contributed by atoms with E-state index in [1.807, 2.05) is 12.1 Å². The highest BCUT2D eigenvalue weighted by molar-refractivity contribution is 9.10. The SMILES string of the molecule is Cc1ccc2c(c1Br)[C@@H](C)[C@H](C)N=C2c1cnc2c(F)cccc2c1. The van der Waals surface area contributed by atoms with Crippen LogP contribution in [-0.2, 0) is 0 Å². The van der Waals surface area contributed by atoms with Gasteiger partial charge in [-0.1, -0.05) is 47.1 Å². The molecule has 4 rings (SSSR count). The van der Waals surface area contributed by atoms with E-state index < -0.39 is 0 Å². The lowest BCUT2D eigenvalue weighted by atomic mass is 9.83. The number of pyridine rings is 1. The fraction of sp³-hybridized carbons (Fsp3) is 0.238. The molecule has 2 heterocycles. The van der Waals surface area contributed by atoms with Gasteiger partial charge in [-0.05, 0) is 37.1 Å². The van der Waals surface area contributed by atoms with E-state index in [4.69, 9.17) is 4.99 Å². The molecule has 0 unspecified atom stereocenters. The summed E-state index contributed by atoms with van der Waals surface area (Å²) in [7, 11) is 0. The molecule has 2 atom stereocenters. The standard InChI is InChI=1S/C21H18BrFN2/c1-11-7-8-16-18(19(11)22)12(2)13(3)25-20(16)15-9-14-5-4-6-17(23)21(14)24-10-15/h4-10,12-13H,1-3H3/t12-,13-/m0/s1. The third kappa shape index (κ3) is 2.60. The summed E-state index contributed by atoms with van der Waals surface area (Å²) in [6.07, 6.45) is 1.73. The van der Waals surface area contributed by atoms with Gasteiger partial charge in [0.15, 0.2) is 0 Å². The summed E-state index contributed by atoms with van der Waals surface area (Å²) in [5.41, 5.74) is 5.89. The molecular formula is C21H18BrFN2. The van der Waals surface area contributed by atoms with Crippen LogP contribution in [0.2, 0.25) is 0 Å². The summed E-state index contributed by atoms with van der Waals surface area (Å²) < 4.78 is 15.1. The molecule has 0 saturated heterocycles. The molecule has 25 heavy (non-hydrogen) atoms. The van der Waals surface area contributed by atoms with E-state index in [2.05, 4.69) is 53.8 Å². The number of para-hydroxylation sites is 1. The lowest BCUT2D eigenvalue weighted by Crippen LogP contribution is -2.24. The predicted octanol–water partition coefficient (Wildman–Crippen LogP) is 5.79. The molecule has 0 aliphatic carbocycles. The smallest absolute Gasteiger partial charge is 0.149 e. The topological polar surface area (TPSA) is 25.2 Å². The Morgan fingerprint density at radius 1 is 1.12 bits per heavy atom. The molecule has 0 amide bonds. The minimum Gasteiger partial charge on any atom is -0.280 e. The highest BCUT2D eigenvalue weighted by Gasteiger charge is 2.28. The molecule has 1 aromatic heterocycles. The van der Waals surface area contributed by atoms with E-state index in [1.165, 1.54) is 17.2 Å². The van der Waals surface area contributed by atoms with E-state index in [-0.39, 0.29) is 11.9 Å². The number of fused-ring (bicyclic) bond motifs is 2. The number of nitrogens with zero attached hydrogens (tertiary/aromatic N) is 2. The fourth-order valence-electron chi connectivity index (χ4n) is 3.46. The molecule has 0 spiro atoms. The number of rotatable bonds is 1. The van der Waals surface area contributed by atoms with E-state index in [9.17, 15) is 4.39 Å². The average Bonchev–Trinajstić information content (AvgIpc) is 2.60. The van der Waals surface area contributed by atoms with Crippen LogP contribution in [0.15, 0.2) is 52.1 Å². The van der Waals surface area contributed by atoms with Crippen LogP contribution >= 0.6 is 15.9 Å². The summed E-state index contributed by atoms with van der Waals surface area (Å²) in [4.78, 5) is 9.28. The molecule has 1 aliphatic rings. The van der Waals surface area contributed by atoms with E-state index in [0.29, 0.717) is 11.4 Å². The molecule has 0 radical (unpaired) electrons. The molecule has 1 aliphatic heterocycles. The Morgan fingerprint density at radius 3 is 2.72 bits per heavy atom. The Morgan fingerprint density at radius 2 is 1.92 bits per heavy atom. The first-order valence-corrected chi connectivity index (χ1v) is 9.18. The van der Waals surface area contributed by atoms with Crippen molar-refractivity contribution in [2.75, 3.05) is 0 Å². The predicted molar refractivity (Wildman–Crippen MR) is 104 cm³/mol. The minimum atomic E-state index is -0.296. The largest absolute Gasteiger partial charge is 0.280 e. The number of halogens is 2. The molecule has 4 heteroatoms. The monoisotopic (exact) mass is 396 g/mol. The molecule has 0 fully saturated rings. The van der Waals surface area contributed by atoms with Crippen LogP contribution in [0.5, 0.6) is 0 Å². The Balaban J connectivity index is 1.94. The summed E-state index contributed by atoms with van der Waals surface area (Å²) in [6, 6.07) is 11.4. The lowest BCUT2D eigenvalue weighted by molar-refractivity contribution is 0.603. The molecule has 0 saturated carbocycles. The van der Waals surface area contributed by atoms with Gasteiger partial charge in [0, 0.05) is 33.1 Å². The summed E-state index contributed by atoms with van der Waals surface area (Å²) in [5.74, 6) is 0.0364. The normalized spacial score (nSPS) is 19.6. The van der Waals surface area contributed by atoms with Crippen LogP contribution in [0, 0.1) is 12.7 Å². The van der Waals surface area contributed by atoms with Gasteiger partial charge in [0.2, 0.25) is 0 Å². The van der Waals surface area contributed by atoms with E-state index in [1.54, 1.807) is 12.3 Å². The molecule has 126 valence electrons. The Kier molecular flexibility index (Phi) is 3.95. The first-order valence-electron chi connectivity index (χ1n) is 8.39. The van der Waals surface area contributed by atoms with Crippen molar-refractivity contribution < 1.29 is 4.39 Å². The Bertz CT molecular complexity index is 1030. The van der Waals surface area contributed by atoms with Gasteiger partial charge in [0.1, 0.15) is 11.3 Å². The zero-order valence-electron chi connectivity index (χ0n) is 14.3. The maximum atomic E-state index is 13.9. The first kappa shape index (κ1) is 16.4. The van der Waals surface area contributed by atoms with Crippen molar-refractivity contribution in [2.45, 2.75) is 32.7 Å². The van der Waals surface area contributed by atoms with Crippen LogP contribution in [0.25, 0.3) is 10.9 Å². The average molecular weight is 397 g/mol. The van der Waals surface area contributed by atoms with Gasteiger partial charge in [-0.15, -0.1) is 0 Å². The number of aromatic nitrogens is 1. The lowest BCUT2D eigenvalue weighted by Gasteiger charge is -2.29. The Hall–Kier alpha value is -2.07. The maximum absolute atomic E-state index is 13.9. The Labute approximate surface area is 155 Å². The number of benzene rings is 2. The van der Waals surface area contributed by atoms with Gasteiger partial charge in [-0.2, -0.15) is 0 Å². The second kappa shape index (κ2) is 6.03. The second-order valence-corrected chi connectivity index (χ2v) is 7.49. The van der Waals surface area contributed by atoms with E-state index in [0.717, 1.165) is 26.7 Å². The fourth-order valence-corrected chi connectivity index (χ4v) is 4.17. The van der Waals surface area contributed by atoms with Crippen LogP contribution < -0.4 is 0 Å². The molecular weight excluding hydrogens is 379 g/mol. The highest BCUT2D eigenvalue weighted by atomic mass is 79.9. The molecule has 3 aromatic rings. The summed E-state index contributed by atoms with van der Waals surface area (Å²) in [6.45, 7) is 6.45. The van der Waals surface area contributed by atoms with Gasteiger partial charge in [0.25, 0.3) is 0 Å². The molecule has 2 nitrogen and oxygen atoms in total. The van der Waals surface area contributed by atoms with Crippen molar-refractivity contribution in [2.24, 2.45) is 4.99 Å². The number of hydrogen-bond donors (Lipinski definition) is 0. The van der Waals surface area contributed by atoms with Crippen molar-refractivity contribution in [3.63, 3.8) is 0 Å². The van der Waals surface area contributed by atoms with Crippen LogP contribution in [0.3, 0.4) is 0 Å². The van der Waals surface area contributed by atoms with Crippen molar-refractivity contribution >= 4 is 32.5 Å². The number of hydrogen-bond acceptors (Lipinski definition) is 2. The van der Waals surface area contributed by atoms with Crippen molar-refractivity contribution in [3.8, 4) is 0 Å². The summed E-state index contributed by atoms with van der Waals surface area (Å²) in [5, 5.41) is 0.791. The zero-order valence-corrected chi connectivity index (χ0v) is 15.9. The molecule has 0 bridgehead atoms. The minimum absolute atomic E-state index is 0.170. The summed E-state index contributed by atoms with van der Waals surface area (Å²) >= 11 is 3.76. The van der Waals surface area contributed by atoms with Gasteiger partial charge in [-0.25, -0.2) is 4.39 Å². The van der Waals surface area contributed by atoms with Crippen LogP contribution in [-0.4, -0.2) is 16.7 Å². The quantitative estimate of drug-likeness (QED) is 0.510. The van der Waals surface area contributed by atoms with E-state index >= 15 is 0 Å². The van der Waals surface area contributed by atoms with Gasteiger partial charge >= 0.3 is 0 Å². The maximum Gasteiger partial charge on any atom is 0.149 e. The zero-order chi connectivity index (χ0) is 17.7. The van der Waals surface area contributed by atoms with Crippen molar-refractivity contribution in [3.05, 3.63) is 75.1 Å². The third-order valence-corrected chi connectivity index (χ3v) is 6.13. The van der Waals surface area contributed by atoms with Gasteiger partial charge < -0.3 is 0 Å².